The van der Waals surface area contributed by atoms with Crippen molar-refractivity contribution in [3.05, 3.63) is 57.8 Å². The Labute approximate surface area is 130 Å². The van der Waals surface area contributed by atoms with Crippen LogP contribution in [0.2, 0.25) is 0 Å². The van der Waals surface area contributed by atoms with Gasteiger partial charge in [0.1, 0.15) is 6.33 Å². The summed E-state index contributed by atoms with van der Waals surface area (Å²) in [6.07, 6.45) is 1.67. The van der Waals surface area contributed by atoms with Crippen LogP contribution in [0.15, 0.2) is 41.1 Å². The number of halogens is 1. The van der Waals surface area contributed by atoms with Crippen molar-refractivity contribution in [1.82, 2.24) is 9.55 Å². The molecule has 1 aromatic heterocycles. The number of hydrogen-bond acceptors (Lipinski definition) is 2. The number of nitrogens with zero attached hydrogens (tertiary/aromatic N) is 2. The Bertz CT molecular complexity index is 845. The van der Waals surface area contributed by atoms with E-state index in [0.717, 1.165) is 21.3 Å². The van der Waals surface area contributed by atoms with E-state index >= 15 is 0 Å². The number of imidazole rings is 1. The Balaban J connectivity index is 2.33. The molecule has 4 nitrogen and oxygen atoms in total. The molecule has 0 unspecified atom stereocenters. The highest BCUT2D eigenvalue weighted by molar-refractivity contribution is 9.10. The molecule has 0 fully saturated rings. The lowest BCUT2D eigenvalue weighted by Crippen LogP contribution is -2.02. The van der Waals surface area contributed by atoms with Crippen molar-refractivity contribution in [2.24, 2.45) is 0 Å². The fourth-order valence-corrected chi connectivity index (χ4v) is 2.73. The van der Waals surface area contributed by atoms with Gasteiger partial charge in [0.2, 0.25) is 0 Å². The molecule has 0 aliphatic carbocycles. The van der Waals surface area contributed by atoms with Gasteiger partial charge in [0.05, 0.1) is 16.6 Å². The van der Waals surface area contributed by atoms with Crippen LogP contribution < -0.4 is 0 Å². The molecule has 0 atom stereocenters. The van der Waals surface area contributed by atoms with Gasteiger partial charge in [-0.25, -0.2) is 9.78 Å². The van der Waals surface area contributed by atoms with Crippen molar-refractivity contribution in [3.63, 3.8) is 0 Å². The summed E-state index contributed by atoms with van der Waals surface area (Å²) in [6.45, 7) is 4.02. The second-order valence-corrected chi connectivity index (χ2v) is 5.78. The predicted octanol–water partition coefficient (Wildman–Crippen LogP) is 4.10. The maximum Gasteiger partial charge on any atom is 0.337 e. The lowest BCUT2D eigenvalue weighted by Gasteiger charge is -2.10. The highest BCUT2D eigenvalue weighted by Crippen LogP contribution is 2.27. The number of benzene rings is 2. The standard InChI is InChI=1S/C16H13BrN2O2/c1-9-6-11(7-10(2)14(9)17)19-8-18-13-5-3-4-12(15(13)19)16(20)21/h3-8H,1-2H3,(H,20,21). The van der Waals surface area contributed by atoms with Crippen LogP contribution in [-0.4, -0.2) is 20.6 Å². The Kier molecular flexibility index (Phi) is 3.29. The molecule has 0 radical (unpaired) electrons. The van der Waals surface area contributed by atoms with Gasteiger partial charge in [-0.3, -0.25) is 4.57 Å². The zero-order chi connectivity index (χ0) is 15.1. The van der Waals surface area contributed by atoms with E-state index in [-0.39, 0.29) is 5.56 Å². The SMILES string of the molecule is Cc1cc(-n2cnc3cccc(C(=O)O)c32)cc(C)c1Br. The van der Waals surface area contributed by atoms with E-state index in [1.807, 2.05) is 36.6 Å². The zero-order valence-electron chi connectivity index (χ0n) is 11.6. The third-order valence-corrected chi connectivity index (χ3v) is 4.75. The van der Waals surface area contributed by atoms with Crippen LogP contribution in [-0.2, 0) is 0 Å². The molecule has 0 spiro atoms. The molecule has 3 rings (SSSR count). The summed E-state index contributed by atoms with van der Waals surface area (Å²) >= 11 is 3.54. The highest BCUT2D eigenvalue weighted by Gasteiger charge is 2.15. The summed E-state index contributed by atoms with van der Waals surface area (Å²) in [4.78, 5) is 15.7. The Morgan fingerprint density at radius 1 is 1.24 bits per heavy atom. The van der Waals surface area contributed by atoms with Crippen molar-refractivity contribution >= 4 is 32.9 Å². The summed E-state index contributed by atoms with van der Waals surface area (Å²) in [6, 6.07) is 9.15. The third kappa shape index (κ3) is 2.23. The van der Waals surface area contributed by atoms with Gasteiger partial charge in [0.25, 0.3) is 0 Å². The molecule has 2 aromatic carbocycles. The van der Waals surface area contributed by atoms with Crippen LogP contribution in [0.4, 0.5) is 0 Å². The maximum atomic E-state index is 11.4. The van der Waals surface area contributed by atoms with Crippen molar-refractivity contribution in [2.45, 2.75) is 13.8 Å². The summed E-state index contributed by atoms with van der Waals surface area (Å²) < 4.78 is 2.89. The number of aromatic nitrogens is 2. The van der Waals surface area contributed by atoms with Gasteiger partial charge in [-0.05, 0) is 49.2 Å². The molecule has 0 bridgehead atoms. The van der Waals surface area contributed by atoms with Crippen molar-refractivity contribution in [1.29, 1.82) is 0 Å². The van der Waals surface area contributed by atoms with Gasteiger partial charge in [-0.1, -0.05) is 22.0 Å². The molecule has 1 heterocycles. The molecule has 3 aromatic rings. The minimum Gasteiger partial charge on any atom is -0.478 e. The van der Waals surface area contributed by atoms with E-state index in [2.05, 4.69) is 20.9 Å². The van der Waals surface area contributed by atoms with Gasteiger partial charge in [-0.2, -0.15) is 0 Å². The summed E-state index contributed by atoms with van der Waals surface area (Å²) in [5, 5.41) is 9.38. The monoisotopic (exact) mass is 344 g/mol. The zero-order valence-corrected chi connectivity index (χ0v) is 13.2. The van der Waals surface area contributed by atoms with Crippen LogP contribution >= 0.6 is 15.9 Å². The average molecular weight is 345 g/mol. The number of carboxylic acids is 1. The molecule has 1 N–H and O–H groups in total. The van der Waals surface area contributed by atoms with Gasteiger partial charge < -0.3 is 5.11 Å². The normalized spacial score (nSPS) is 11.0. The molecule has 0 aliphatic heterocycles. The van der Waals surface area contributed by atoms with Gasteiger partial charge in [-0.15, -0.1) is 0 Å². The number of aromatic carboxylic acids is 1. The lowest BCUT2D eigenvalue weighted by molar-refractivity contribution is 0.0698. The van der Waals surface area contributed by atoms with Crippen LogP contribution in [0.25, 0.3) is 16.7 Å². The summed E-state index contributed by atoms with van der Waals surface area (Å²) in [5.74, 6) is -0.951. The first kappa shape index (κ1) is 13.8. The van der Waals surface area contributed by atoms with Crippen LogP contribution in [0.3, 0.4) is 0 Å². The second kappa shape index (κ2) is 5.00. The first-order valence-corrected chi connectivity index (χ1v) is 7.25. The molecular weight excluding hydrogens is 332 g/mol. The highest BCUT2D eigenvalue weighted by atomic mass is 79.9. The summed E-state index contributed by atoms with van der Waals surface area (Å²) in [7, 11) is 0. The lowest BCUT2D eigenvalue weighted by atomic mass is 10.1. The molecule has 0 saturated heterocycles. The quantitative estimate of drug-likeness (QED) is 0.761. The number of hydrogen-bond donors (Lipinski definition) is 1. The van der Waals surface area contributed by atoms with E-state index < -0.39 is 5.97 Å². The van der Waals surface area contributed by atoms with Crippen LogP contribution in [0, 0.1) is 13.8 Å². The number of fused-ring (bicyclic) bond motifs is 1. The van der Waals surface area contributed by atoms with Gasteiger partial charge >= 0.3 is 5.97 Å². The first-order valence-electron chi connectivity index (χ1n) is 6.45. The van der Waals surface area contributed by atoms with E-state index in [0.29, 0.717) is 11.0 Å². The van der Waals surface area contributed by atoms with Crippen molar-refractivity contribution in [3.8, 4) is 5.69 Å². The first-order chi connectivity index (χ1) is 9.99. The van der Waals surface area contributed by atoms with Gasteiger partial charge in [0, 0.05) is 10.2 Å². The van der Waals surface area contributed by atoms with E-state index in [1.54, 1.807) is 18.5 Å². The largest absolute Gasteiger partial charge is 0.478 e. The minimum absolute atomic E-state index is 0.253. The third-order valence-electron chi connectivity index (χ3n) is 3.50. The molecule has 0 saturated carbocycles. The molecular formula is C16H13BrN2O2. The molecule has 0 amide bonds. The molecule has 0 aliphatic rings. The number of rotatable bonds is 2. The van der Waals surface area contributed by atoms with Crippen molar-refractivity contribution < 1.29 is 9.90 Å². The predicted molar refractivity (Wildman–Crippen MR) is 85.2 cm³/mol. The number of carbonyl (C=O) groups is 1. The fourth-order valence-electron chi connectivity index (χ4n) is 2.50. The number of para-hydroxylation sites is 1. The molecule has 5 heteroatoms. The maximum absolute atomic E-state index is 11.4. The fraction of sp³-hybridized carbons (Fsp3) is 0.125. The van der Waals surface area contributed by atoms with Crippen molar-refractivity contribution in [2.75, 3.05) is 0 Å². The van der Waals surface area contributed by atoms with Crippen LogP contribution in [0.5, 0.6) is 0 Å². The van der Waals surface area contributed by atoms with E-state index in [4.69, 9.17) is 0 Å². The van der Waals surface area contributed by atoms with Gasteiger partial charge in [0.15, 0.2) is 0 Å². The smallest absolute Gasteiger partial charge is 0.337 e. The Morgan fingerprint density at radius 3 is 2.52 bits per heavy atom. The minimum atomic E-state index is -0.951. The number of aryl methyl sites for hydroxylation is 2. The van der Waals surface area contributed by atoms with Crippen LogP contribution in [0.1, 0.15) is 21.5 Å². The Hall–Kier alpha value is -2.14. The molecule has 21 heavy (non-hydrogen) atoms. The van der Waals surface area contributed by atoms with E-state index in [1.165, 1.54) is 0 Å². The average Bonchev–Trinajstić information content (AvgIpc) is 2.87. The molecule has 106 valence electrons. The second-order valence-electron chi connectivity index (χ2n) is 4.99. The number of carboxylic acid groups (broad SMARTS) is 1. The van der Waals surface area contributed by atoms with E-state index in [9.17, 15) is 9.90 Å². The topological polar surface area (TPSA) is 55.1 Å². The summed E-state index contributed by atoms with van der Waals surface area (Å²) in [5.41, 5.74) is 4.64. The Morgan fingerprint density at radius 2 is 1.90 bits per heavy atom.